The molecule has 0 amide bonds. The van der Waals surface area contributed by atoms with Crippen LogP contribution in [0.3, 0.4) is 0 Å². The van der Waals surface area contributed by atoms with Gasteiger partial charge in [-0.2, -0.15) is 10.5 Å². The van der Waals surface area contributed by atoms with Crippen LogP contribution in [0.2, 0.25) is 0 Å². The van der Waals surface area contributed by atoms with Crippen LogP contribution < -0.4 is 21.9 Å². The SMILES string of the molecule is CC(C[S+](C)(C)=O)=C(C#N)C#N.Fc1c(F)c(F)c([B-](c2c(F)c(F)c(F)c(F)c2F)(c2c(F)c(F)c(F)c(F)c2F)c2c(F)c(F)c(F)c(F)c2F)c(F)c1F. The van der Waals surface area contributed by atoms with Crippen molar-refractivity contribution in [3.63, 3.8) is 0 Å². The number of hydrogen-bond acceptors (Lipinski definition) is 3. The second-order valence-corrected chi connectivity index (χ2v) is 14.9. The van der Waals surface area contributed by atoms with E-state index in [2.05, 4.69) is 0 Å². The van der Waals surface area contributed by atoms with Crippen molar-refractivity contribution < 1.29 is 92.0 Å². The van der Waals surface area contributed by atoms with Crippen LogP contribution in [0.4, 0.5) is 87.8 Å². The minimum absolute atomic E-state index is 0.0754. The summed E-state index contributed by atoms with van der Waals surface area (Å²) in [5.74, 6) is -71.1. The maximum absolute atomic E-state index is 15.4. The van der Waals surface area contributed by atoms with E-state index in [9.17, 15) is 56.9 Å². The fraction of sp³-hybridized carbons (Fsp3) is 0.125. The highest BCUT2D eigenvalue weighted by atomic mass is 32.2. The van der Waals surface area contributed by atoms with Crippen LogP contribution in [0.15, 0.2) is 11.1 Å². The van der Waals surface area contributed by atoms with Crippen molar-refractivity contribution in [2.45, 2.75) is 6.92 Å². The lowest BCUT2D eigenvalue weighted by molar-refractivity contribution is 0.378. The third-order valence-electron chi connectivity index (χ3n) is 7.92. The number of halogens is 20. The first-order chi connectivity index (χ1) is 26.1. The Morgan fingerprint density at radius 1 is 0.404 bits per heavy atom. The summed E-state index contributed by atoms with van der Waals surface area (Å²) in [6, 6.07) is 3.53. The molecular weight excluding hydrogens is 851 g/mol. The minimum atomic E-state index is -7.22. The molecule has 3 nitrogen and oxygen atoms in total. The van der Waals surface area contributed by atoms with Gasteiger partial charge in [-0.3, -0.25) is 0 Å². The second-order valence-electron chi connectivity index (χ2n) is 11.8. The maximum atomic E-state index is 15.4. The highest BCUT2D eigenvalue weighted by Gasteiger charge is 2.52. The molecule has 4 aromatic carbocycles. The number of rotatable bonds is 6. The Balaban J connectivity index is 0.000000626. The molecule has 0 spiro atoms. The van der Waals surface area contributed by atoms with Crippen molar-refractivity contribution in [3.8, 4) is 12.1 Å². The third kappa shape index (κ3) is 7.28. The molecule has 0 saturated heterocycles. The lowest BCUT2D eigenvalue weighted by Crippen LogP contribution is -2.81. The molecular formula is C32H11BF20N2OS. The molecule has 25 heteroatoms. The van der Waals surface area contributed by atoms with E-state index < -0.39 is 154 Å². The van der Waals surface area contributed by atoms with Gasteiger partial charge in [-0.25, -0.2) is 87.8 Å². The Bertz CT molecular complexity index is 2140. The number of benzene rings is 4. The molecule has 0 saturated carbocycles. The summed E-state index contributed by atoms with van der Waals surface area (Å²) in [5, 5.41) is 16.9. The van der Waals surface area contributed by atoms with Gasteiger partial charge in [0, 0.05) is 5.57 Å². The number of allylic oxidation sites excluding steroid dienone is 1. The normalized spacial score (nSPS) is 11.5. The molecule has 0 heterocycles. The van der Waals surface area contributed by atoms with E-state index in [0.29, 0.717) is 11.3 Å². The molecule has 57 heavy (non-hydrogen) atoms. The van der Waals surface area contributed by atoms with Crippen molar-refractivity contribution in [2.75, 3.05) is 18.3 Å². The fourth-order valence-corrected chi connectivity index (χ4v) is 6.87. The Kier molecular flexibility index (Phi) is 12.9. The zero-order valence-electron chi connectivity index (χ0n) is 27.6. The monoisotopic (exact) mass is 862 g/mol. The second kappa shape index (κ2) is 16.1. The van der Waals surface area contributed by atoms with E-state index in [1.165, 1.54) is 0 Å². The third-order valence-corrected chi connectivity index (χ3v) is 9.05. The molecule has 0 aliphatic heterocycles. The summed E-state index contributed by atoms with van der Waals surface area (Å²) in [6.07, 6.45) is -3.99. The van der Waals surface area contributed by atoms with Crippen molar-refractivity contribution in [1.29, 1.82) is 10.5 Å². The maximum Gasteiger partial charge on any atom is 0.200 e. The van der Waals surface area contributed by atoms with E-state index in [1.54, 1.807) is 31.6 Å². The van der Waals surface area contributed by atoms with Crippen molar-refractivity contribution in [1.82, 2.24) is 0 Å². The molecule has 0 aromatic heterocycles. The number of hydrogen-bond donors (Lipinski definition) is 0. The van der Waals surface area contributed by atoms with E-state index in [-0.39, 0.29) is 5.57 Å². The van der Waals surface area contributed by atoms with Crippen LogP contribution in [0.5, 0.6) is 0 Å². The standard InChI is InChI=1S/C24BF20.C8H11N2OS/c26-5-1(6(27)14(35)21(42)13(5)34)25(2-7(28)15(36)22(43)16(37)8(2)29,3-9(30)17(38)23(44)18(39)10(3)31)4-11(32)19(40)24(45)20(41)12(4)33;1-7(6-12(2,3)11)8(4-9)5-10/h;6H2,1-3H3/q-1;+1. The average molecular weight is 862 g/mol. The van der Waals surface area contributed by atoms with Crippen LogP contribution in [0.1, 0.15) is 6.92 Å². The zero-order valence-corrected chi connectivity index (χ0v) is 28.4. The minimum Gasteiger partial charge on any atom is -0.207 e. The Hall–Kier alpha value is -5.59. The van der Waals surface area contributed by atoms with Gasteiger partial charge in [-0.05, 0) is 6.92 Å². The van der Waals surface area contributed by atoms with E-state index in [4.69, 9.17) is 10.5 Å². The van der Waals surface area contributed by atoms with Gasteiger partial charge in [-0.1, -0.05) is 0 Å². The van der Waals surface area contributed by atoms with Gasteiger partial charge < -0.3 is 0 Å². The van der Waals surface area contributed by atoms with Gasteiger partial charge >= 0.3 is 0 Å². The van der Waals surface area contributed by atoms with Gasteiger partial charge in [0.05, 0.1) is 9.93 Å². The molecule has 0 N–H and O–H groups in total. The van der Waals surface area contributed by atoms with Crippen molar-refractivity contribution in [3.05, 3.63) is 127 Å². The van der Waals surface area contributed by atoms with E-state index >= 15 is 35.1 Å². The fourth-order valence-electron chi connectivity index (χ4n) is 5.68. The summed E-state index contributed by atoms with van der Waals surface area (Å²) in [7, 11) is -1.90. The lowest BCUT2D eigenvalue weighted by Gasteiger charge is -2.44. The molecule has 0 aliphatic rings. The van der Waals surface area contributed by atoms with Gasteiger partial charge in [0.2, 0.25) is 0 Å². The molecule has 0 unspecified atom stereocenters. The lowest BCUT2D eigenvalue weighted by atomic mass is 9.12. The molecule has 0 bridgehead atoms. The van der Waals surface area contributed by atoms with Gasteiger partial charge in [-0.15, -0.1) is 26.1 Å². The molecule has 4 aromatic rings. The van der Waals surface area contributed by atoms with Crippen LogP contribution in [-0.4, -0.2) is 24.4 Å². The van der Waals surface area contributed by atoms with E-state index in [1.807, 2.05) is 0 Å². The zero-order chi connectivity index (χ0) is 44.1. The largest absolute Gasteiger partial charge is 0.207 e. The first kappa shape index (κ1) is 45.8. The average Bonchev–Trinajstić information content (AvgIpc) is 3.14. The molecule has 304 valence electrons. The summed E-state index contributed by atoms with van der Waals surface area (Å²) >= 11 is 0. The molecule has 0 radical (unpaired) electrons. The van der Waals surface area contributed by atoms with Gasteiger partial charge in [0.25, 0.3) is 0 Å². The number of nitrogens with zero attached hydrogens (tertiary/aromatic N) is 2. The summed E-state index contributed by atoms with van der Waals surface area (Å²) in [6.45, 7) is 1.66. The molecule has 0 aliphatic carbocycles. The Morgan fingerprint density at radius 2 is 0.561 bits per heavy atom. The van der Waals surface area contributed by atoms with Crippen LogP contribution >= 0.6 is 0 Å². The number of nitriles is 2. The summed E-state index contributed by atoms with van der Waals surface area (Å²) < 4.78 is 305. The molecule has 0 atom stereocenters. The summed E-state index contributed by atoms with van der Waals surface area (Å²) in [5.41, 5.74) is -13.6. The van der Waals surface area contributed by atoms with E-state index in [0.717, 1.165) is 0 Å². The van der Waals surface area contributed by atoms with Gasteiger partial charge in [0.15, 0.2) is 69.8 Å². The van der Waals surface area contributed by atoms with Gasteiger partial charge in [0.1, 0.15) is 88.7 Å². The predicted octanol–water partition coefficient (Wildman–Crippen LogP) is 6.96. The van der Waals surface area contributed by atoms with Crippen LogP contribution in [0, 0.1) is 139 Å². The highest BCUT2D eigenvalue weighted by molar-refractivity contribution is 8.01. The predicted molar refractivity (Wildman–Crippen MR) is 158 cm³/mol. The Morgan fingerprint density at radius 3 is 0.702 bits per heavy atom. The van der Waals surface area contributed by atoms with Crippen molar-refractivity contribution in [2.24, 2.45) is 0 Å². The highest BCUT2D eigenvalue weighted by Crippen LogP contribution is 2.30. The Labute approximate surface area is 305 Å². The molecule has 4 rings (SSSR count). The van der Waals surface area contributed by atoms with Crippen LogP contribution in [0.25, 0.3) is 0 Å². The van der Waals surface area contributed by atoms with Crippen molar-refractivity contribution >= 4 is 37.9 Å². The first-order valence-electron chi connectivity index (χ1n) is 14.3. The first-order valence-corrected chi connectivity index (χ1v) is 16.8. The summed E-state index contributed by atoms with van der Waals surface area (Å²) in [4.78, 5) is 0. The topological polar surface area (TPSA) is 64.7 Å². The quantitative estimate of drug-likeness (QED) is 0.0527. The molecule has 0 fully saturated rings. The smallest absolute Gasteiger partial charge is 0.200 e. The van der Waals surface area contributed by atoms with Crippen LogP contribution in [-0.2, 0) is 14.1 Å².